The van der Waals surface area contributed by atoms with Crippen LogP contribution in [0.1, 0.15) is 30.4 Å². The minimum atomic E-state index is -0.735. The van der Waals surface area contributed by atoms with Crippen molar-refractivity contribution in [1.29, 1.82) is 0 Å². The number of carboxylic acids is 1. The lowest BCUT2D eigenvalue weighted by atomic mass is 9.98. The van der Waals surface area contributed by atoms with E-state index < -0.39 is 12.0 Å². The number of hydrogen-bond donors (Lipinski definition) is 1. The minimum Gasteiger partial charge on any atom is -0.480 e. The van der Waals surface area contributed by atoms with E-state index in [9.17, 15) is 9.90 Å². The maximum Gasteiger partial charge on any atom is 0.321 e. The number of nitrogens with zero attached hydrogens (tertiary/aromatic N) is 1. The number of carboxylic acid groups (broad SMARTS) is 1. The van der Waals surface area contributed by atoms with Gasteiger partial charge in [-0.15, -0.1) is 0 Å². The minimum absolute atomic E-state index is 0.433. The highest BCUT2D eigenvalue weighted by Crippen LogP contribution is 2.20. The van der Waals surface area contributed by atoms with Crippen molar-refractivity contribution >= 4 is 17.6 Å². The third-order valence-electron chi connectivity index (χ3n) is 3.84. The van der Waals surface area contributed by atoms with Crippen LogP contribution < -0.4 is 0 Å². The van der Waals surface area contributed by atoms with Gasteiger partial charge < -0.3 is 5.11 Å². The molecule has 1 aromatic rings. The van der Waals surface area contributed by atoms with Crippen molar-refractivity contribution in [3.63, 3.8) is 0 Å². The van der Waals surface area contributed by atoms with Crippen molar-refractivity contribution in [3.05, 3.63) is 34.3 Å². The van der Waals surface area contributed by atoms with Crippen molar-refractivity contribution in [2.24, 2.45) is 0 Å². The summed E-state index contributed by atoms with van der Waals surface area (Å²) in [6, 6.07) is 5.25. The fraction of sp³-hybridized carbons (Fsp3) is 0.533. The van der Waals surface area contributed by atoms with E-state index in [1.54, 1.807) is 0 Å². The average molecular weight is 282 g/mol. The Morgan fingerprint density at radius 3 is 2.68 bits per heavy atom. The molecule has 1 atom stereocenters. The van der Waals surface area contributed by atoms with Gasteiger partial charge in [-0.3, -0.25) is 9.69 Å². The van der Waals surface area contributed by atoms with Crippen molar-refractivity contribution in [2.45, 2.75) is 38.6 Å². The summed E-state index contributed by atoms with van der Waals surface area (Å²) in [6.45, 7) is 3.77. The van der Waals surface area contributed by atoms with Gasteiger partial charge in [0.1, 0.15) is 6.04 Å². The second-order valence-electron chi connectivity index (χ2n) is 5.23. The second kappa shape index (κ2) is 6.40. The molecule has 3 nitrogen and oxygen atoms in total. The Hall–Kier alpha value is -1.06. The first kappa shape index (κ1) is 14.4. The van der Waals surface area contributed by atoms with E-state index in [1.165, 1.54) is 6.42 Å². The Balaban J connectivity index is 2.15. The van der Waals surface area contributed by atoms with Crippen LogP contribution >= 0.6 is 11.6 Å². The van der Waals surface area contributed by atoms with Crippen LogP contribution in [0.15, 0.2) is 18.2 Å². The first-order chi connectivity index (χ1) is 9.08. The van der Waals surface area contributed by atoms with Crippen molar-refractivity contribution in [2.75, 3.05) is 13.1 Å². The van der Waals surface area contributed by atoms with Gasteiger partial charge in [0.25, 0.3) is 0 Å². The maximum atomic E-state index is 11.5. The molecule has 0 radical (unpaired) electrons. The van der Waals surface area contributed by atoms with E-state index in [4.69, 9.17) is 11.6 Å². The summed E-state index contributed by atoms with van der Waals surface area (Å²) in [5, 5.41) is 10.1. The summed E-state index contributed by atoms with van der Waals surface area (Å²) in [4.78, 5) is 13.6. The van der Waals surface area contributed by atoms with Crippen LogP contribution in [0.25, 0.3) is 0 Å². The summed E-state index contributed by atoms with van der Waals surface area (Å²) >= 11 is 6.00. The SMILES string of the molecule is Cc1ccc(Cl)cc1CC(C(=O)O)N1CCCCC1. The van der Waals surface area contributed by atoms with E-state index in [0.29, 0.717) is 11.4 Å². The van der Waals surface area contributed by atoms with Crippen LogP contribution in [0.4, 0.5) is 0 Å². The van der Waals surface area contributed by atoms with Gasteiger partial charge in [0.15, 0.2) is 0 Å². The molecular formula is C15H20ClNO2. The van der Waals surface area contributed by atoms with Crippen molar-refractivity contribution < 1.29 is 9.90 Å². The predicted octanol–water partition coefficient (Wildman–Crippen LogP) is 3.13. The predicted molar refractivity (Wildman–Crippen MR) is 76.7 cm³/mol. The number of benzene rings is 1. The number of carbonyl (C=O) groups is 1. The zero-order chi connectivity index (χ0) is 13.8. The highest BCUT2D eigenvalue weighted by molar-refractivity contribution is 6.30. The molecule has 104 valence electrons. The fourth-order valence-electron chi connectivity index (χ4n) is 2.67. The summed E-state index contributed by atoms with van der Waals surface area (Å²) in [6.07, 6.45) is 3.93. The van der Waals surface area contributed by atoms with E-state index in [0.717, 1.165) is 37.1 Å². The summed E-state index contributed by atoms with van der Waals surface area (Å²) in [5.41, 5.74) is 2.14. The van der Waals surface area contributed by atoms with Gasteiger partial charge in [-0.1, -0.05) is 24.1 Å². The van der Waals surface area contributed by atoms with Gasteiger partial charge in [0.2, 0.25) is 0 Å². The first-order valence-electron chi connectivity index (χ1n) is 6.80. The van der Waals surface area contributed by atoms with Crippen LogP contribution in [0.2, 0.25) is 5.02 Å². The molecule has 1 saturated heterocycles. The normalized spacial score (nSPS) is 18.2. The van der Waals surface area contributed by atoms with Gasteiger partial charge in [0.05, 0.1) is 0 Å². The van der Waals surface area contributed by atoms with Crippen LogP contribution in [0.3, 0.4) is 0 Å². The van der Waals surface area contributed by atoms with E-state index in [1.807, 2.05) is 25.1 Å². The quantitative estimate of drug-likeness (QED) is 0.922. The molecule has 19 heavy (non-hydrogen) atoms. The number of likely N-dealkylation sites (tertiary alicyclic amines) is 1. The third kappa shape index (κ3) is 3.71. The fourth-order valence-corrected chi connectivity index (χ4v) is 2.87. The van der Waals surface area contributed by atoms with Crippen LogP contribution in [-0.2, 0) is 11.2 Å². The highest BCUT2D eigenvalue weighted by atomic mass is 35.5. The molecule has 1 aliphatic rings. The molecule has 1 N–H and O–H groups in total. The van der Waals surface area contributed by atoms with E-state index in [-0.39, 0.29) is 0 Å². The molecule has 1 unspecified atom stereocenters. The third-order valence-corrected chi connectivity index (χ3v) is 4.08. The first-order valence-corrected chi connectivity index (χ1v) is 7.17. The zero-order valence-corrected chi connectivity index (χ0v) is 12.0. The molecule has 0 saturated carbocycles. The lowest BCUT2D eigenvalue weighted by Crippen LogP contribution is -2.45. The molecule has 1 heterocycles. The molecule has 0 bridgehead atoms. The zero-order valence-electron chi connectivity index (χ0n) is 11.2. The van der Waals surface area contributed by atoms with Gasteiger partial charge >= 0.3 is 5.97 Å². The smallest absolute Gasteiger partial charge is 0.321 e. The Kier molecular flexibility index (Phi) is 4.83. The Labute approximate surface area is 119 Å². The van der Waals surface area contributed by atoms with Gasteiger partial charge in [-0.25, -0.2) is 0 Å². The molecule has 0 spiro atoms. The van der Waals surface area contributed by atoms with Gasteiger partial charge in [0, 0.05) is 5.02 Å². The number of hydrogen-bond acceptors (Lipinski definition) is 2. The van der Waals surface area contributed by atoms with Gasteiger partial charge in [-0.2, -0.15) is 0 Å². The highest BCUT2D eigenvalue weighted by Gasteiger charge is 2.27. The van der Waals surface area contributed by atoms with Crippen molar-refractivity contribution in [1.82, 2.24) is 4.90 Å². The second-order valence-corrected chi connectivity index (χ2v) is 5.66. The molecule has 1 aromatic carbocycles. The standard InChI is InChI=1S/C15H20ClNO2/c1-11-5-6-13(16)9-12(11)10-14(15(18)19)17-7-3-2-4-8-17/h5-6,9,14H,2-4,7-8,10H2,1H3,(H,18,19). The number of aryl methyl sites for hydroxylation is 1. The Bertz CT molecular complexity index is 455. The Morgan fingerprint density at radius 2 is 2.05 bits per heavy atom. The lowest BCUT2D eigenvalue weighted by Gasteiger charge is -2.32. The Morgan fingerprint density at radius 1 is 1.37 bits per heavy atom. The largest absolute Gasteiger partial charge is 0.480 e. The molecule has 1 aliphatic heterocycles. The molecule has 1 fully saturated rings. The number of halogens is 1. The summed E-state index contributed by atoms with van der Waals surface area (Å²) in [5.74, 6) is -0.735. The number of rotatable bonds is 4. The lowest BCUT2D eigenvalue weighted by molar-refractivity contribution is -0.143. The number of piperidine rings is 1. The van der Waals surface area contributed by atoms with E-state index >= 15 is 0 Å². The molecule has 0 amide bonds. The molecule has 0 aromatic heterocycles. The van der Waals surface area contributed by atoms with Crippen LogP contribution in [-0.4, -0.2) is 35.1 Å². The van der Waals surface area contributed by atoms with Crippen LogP contribution in [0.5, 0.6) is 0 Å². The molecular weight excluding hydrogens is 262 g/mol. The van der Waals surface area contributed by atoms with Gasteiger partial charge in [-0.05, 0) is 62.5 Å². The van der Waals surface area contributed by atoms with E-state index in [2.05, 4.69) is 4.90 Å². The molecule has 0 aliphatic carbocycles. The maximum absolute atomic E-state index is 11.5. The monoisotopic (exact) mass is 281 g/mol. The van der Waals surface area contributed by atoms with Crippen LogP contribution in [0, 0.1) is 6.92 Å². The number of aliphatic carboxylic acids is 1. The average Bonchev–Trinajstić information content (AvgIpc) is 2.40. The molecule has 2 rings (SSSR count). The summed E-state index contributed by atoms with van der Waals surface area (Å²) in [7, 11) is 0. The molecule has 4 heteroatoms. The topological polar surface area (TPSA) is 40.5 Å². The van der Waals surface area contributed by atoms with Crippen molar-refractivity contribution in [3.8, 4) is 0 Å². The summed E-state index contributed by atoms with van der Waals surface area (Å²) < 4.78 is 0.